The van der Waals surface area contributed by atoms with Gasteiger partial charge in [-0.25, -0.2) is 4.79 Å². The SMILES string of the molecule is CCC(=O)OC(OP(=O)(CCCCc1ccccc1)CC(=O)N1C[C@H](C2CCCCC2)C[C@@H]1C(=O)O)C(C)C. The zero-order chi connectivity index (χ0) is 28.4. The molecule has 1 saturated carbocycles. The van der Waals surface area contributed by atoms with Gasteiger partial charge >= 0.3 is 11.9 Å². The zero-order valence-electron chi connectivity index (χ0n) is 23.8. The number of unbranched alkanes of at least 4 members (excludes halogenated alkanes) is 1. The predicted molar refractivity (Wildman–Crippen MR) is 151 cm³/mol. The molecule has 1 aliphatic carbocycles. The minimum atomic E-state index is -3.60. The molecule has 0 bridgehead atoms. The highest BCUT2D eigenvalue weighted by atomic mass is 31.2. The van der Waals surface area contributed by atoms with Gasteiger partial charge in [0.25, 0.3) is 0 Å². The van der Waals surface area contributed by atoms with Gasteiger partial charge in [-0.05, 0) is 43.1 Å². The fourth-order valence-electron chi connectivity index (χ4n) is 5.80. The van der Waals surface area contributed by atoms with E-state index in [0.29, 0.717) is 25.3 Å². The topological polar surface area (TPSA) is 110 Å². The van der Waals surface area contributed by atoms with Crippen LogP contribution in [0.3, 0.4) is 0 Å². The molecule has 39 heavy (non-hydrogen) atoms. The molecule has 0 aromatic heterocycles. The maximum atomic E-state index is 14.2. The highest BCUT2D eigenvalue weighted by molar-refractivity contribution is 7.59. The first-order chi connectivity index (χ1) is 18.6. The molecule has 2 unspecified atom stereocenters. The van der Waals surface area contributed by atoms with E-state index < -0.39 is 37.5 Å². The van der Waals surface area contributed by atoms with Crippen LogP contribution >= 0.6 is 7.37 Å². The molecule has 1 aliphatic heterocycles. The summed E-state index contributed by atoms with van der Waals surface area (Å²) in [6.07, 6.45) is 7.12. The quantitative estimate of drug-likeness (QED) is 0.126. The molecular formula is C30H46NO7P. The van der Waals surface area contributed by atoms with Crippen molar-refractivity contribution in [2.75, 3.05) is 18.9 Å². The first-order valence-electron chi connectivity index (χ1n) is 14.6. The number of hydrogen-bond donors (Lipinski definition) is 1. The van der Waals surface area contributed by atoms with Crippen molar-refractivity contribution in [2.45, 2.75) is 97.3 Å². The number of benzene rings is 1. The maximum absolute atomic E-state index is 14.2. The monoisotopic (exact) mass is 563 g/mol. The lowest BCUT2D eigenvalue weighted by Gasteiger charge is -2.30. The van der Waals surface area contributed by atoms with E-state index in [2.05, 4.69) is 0 Å². The Morgan fingerprint density at radius 2 is 1.74 bits per heavy atom. The number of carboxylic acid groups (broad SMARTS) is 1. The van der Waals surface area contributed by atoms with Gasteiger partial charge in [-0.1, -0.05) is 83.2 Å². The molecule has 3 rings (SSSR count). The van der Waals surface area contributed by atoms with Crippen molar-refractivity contribution in [1.82, 2.24) is 4.90 Å². The second kappa shape index (κ2) is 15.0. The van der Waals surface area contributed by atoms with Gasteiger partial charge in [-0.15, -0.1) is 0 Å². The molecule has 218 valence electrons. The number of carboxylic acids is 1. The van der Waals surface area contributed by atoms with Crippen LogP contribution in [0.25, 0.3) is 0 Å². The number of nitrogens with zero attached hydrogens (tertiary/aromatic N) is 1. The average Bonchev–Trinajstić information content (AvgIpc) is 3.38. The number of amides is 1. The number of hydrogen-bond acceptors (Lipinski definition) is 6. The van der Waals surface area contributed by atoms with Gasteiger partial charge in [-0.3, -0.25) is 18.7 Å². The van der Waals surface area contributed by atoms with Gasteiger partial charge in [0.15, 0.2) is 0 Å². The average molecular weight is 564 g/mol. The van der Waals surface area contributed by atoms with Crippen LogP contribution in [-0.4, -0.2) is 59.1 Å². The Morgan fingerprint density at radius 1 is 1.05 bits per heavy atom. The van der Waals surface area contributed by atoms with Crippen molar-refractivity contribution in [3.05, 3.63) is 35.9 Å². The molecule has 2 aliphatic rings. The van der Waals surface area contributed by atoms with Gasteiger partial charge < -0.3 is 14.7 Å². The number of rotatable bonds is 14. The van der Waals surface area contributed by atoms with Gasteiger partial charge in [0, 0.05) is 25.0 Å². The van der Waals surface area contributed by atoms with Crippen LogP contribution in [0.2, 0.25) is 0 Å². The van der Waals surface area contributed by atoms with Crippen LogP contribution in [0.15, 0.2) is 30.3 Å². The maximum Gasteiger partial charge on any atom is 0.326 e. The molecule has 0 spiro atoms. The van der Waals surface area contributed by atoms with Crippen LogP contribution in [-0.2, 0) is 34.6 Å². The lowest BCUT2D eigenvalue weighted by molar-refractivity contribution is -0.169. The van der Waals surface area contributed by atoms with Crippen LogP contribution in [0.5, 0.6) is 0 Å². The Bertz CT molecular complexity index is 992. The van der Waals surface area contributed by atoms with Gasteiger partial charge in [0.05, 0.1) is 0 Å². The molecule has 1 heterocycles. The van der Waals surface area contributed by atoms with E-state index in [0.717, 1.165) is 38.5 Å². The molecule has 1 amide bonds. The Labute approximate surface area is 233 Å². The summed E-state index contributed by atoms with van der Waals surface area (Å²) in [7, 11) is -3.60. The van der Waals surface area contributed by atoms with E-state index >= 15 is 0 Å². The van der Waals surface area contributed by atoms with Crippen molar-refractivity contribution in [3.63, 3.8) is 0 Å². The van der Waals surface area contributed by atoms with Crippen LogP contribution in [0, 0.1) is 17.8 Å². The second-order valence-corrected chi connectivity index (χ2v) is 14.1. The third kappa shape index (κ3) is 9.46. The summed E-state index contributed by atoms with van der Waals surface area (Å²) in [6, 6.07) is 9.10. The van der Waals surface area contributed by atoms with Gasteiger partial charge in [0.1, 0.15) is 12.2 Å². The van der Waals surface area contributed by atoms with E-state index in [9.17, 15) is 24.1 Å². The van der Waals surface area contributed by atoms with Gasteiger partial charge in [0.2, 0.25) is 19.6 Å². The van der Waals surface area contributed by atoms with Crippen LogP contribution < -0.4 is 0 Å². The number of carbonyl (C=O) groups is 3. The van der Waals surface area contributed by atoms with Crippen molar-refractivity contribution in [2.24, 2.45) is 17.8 Å². The Kier molecular flexibility index (Phi) is 12.1. The highest BCUT2D eigenvalue weighted by Crippen LogP contribution is 2.51. The second-order valence-electron chi connectivity index (χ2n) is 11.5. The molecular weight excluding hydrogens is 517 g/mol. The molecule has 8 nitrogen and oxygen atoms in total. The molecule has 1 N–H and O–H groups in total. The minimum Gasteiger partial charge on any atom is -0.480 e. The number of esters is 1. The summed E-state index contributed by atoms with van der Waals surface area (Å²) in [5.41, 5.74) is 1.18. The molecule has 9 heteroatoms. The van der Waals surface area contributed by atoms with E-state index in [1.807, 2.05) is 44.2 Å². The molecule has 4 atom stereocenters. The summed E-state index contributed by atoms with van der Waals surface area (Å²) in [5.74, 6) is -1.61. The van der Waals surface area contributed by atoms with Crippen LogP contribution in [0.4, 0.5) is 0 Å². The summed E-state index contributed by atoms with van der Waals surface area (Å²) in [5, 5.41) is 9.92. The Hall–Kier alpha value is -2.18. The van der Waals surface area contributed by atoms with Crippen molar-refractivity contribution < 1.29 is 33.3 Å². The fourth-order valence-corrected chi connectivity index (χ4v) is 8.10. The summed E-state index contributed by atoms with van der Waals surface area (Å²) in [6.45, 7) is 5.68. The number of aryl methyl sites for hydroxylation is 1. The van der Waals surface area contributed by atoms with Gasteiger partial charge in [-0.2, -0.15) is 0 Å². The summed E-state index contributed by atoms with van der Waals surface area (Å²) in [4.78, 5) is 39.2. The first-order valence-corrected chi connectivity index (χ1v) is 16.6. The van der Waals surface area contributed by atoms with E-state index in [4.69, 9.17) is 9.26 Å². The summed E-state index contributed by atoms with van der Waals surface area (Å²) < 4.78 is 25.7. The Morgan fingerprint density at radius 3 is 2.36 bits per heavy atom. The largest absolute Gasteiger partial charge is 0.480 e. The molecule has 1 aromatic rings. The Balaban J connectivity index is 1.73. The summed E-state index contributed by atoms with van der Waals surface area (Å²) >= 11 is 0. The lowest BCUT2D eigenvalue weighted by Crippen LogP contribution is -2.42. The molecule has 1 saturated heterocycles. The van der Waals surface area contributed by atoms with E-state index in [-0.39, 0.29) is 30.6 Å². The van der Waals surface area contributed by atoms with Crippen molar-refractivity contribution >= 4 is 25.2 Å². The number of likely N-dealkylation sites (tertiary alicyclic amines) is 1. The van der Waals surface area contributed by atoms with Crippen molar-refractivity contribution in [1.29, 1.82) is 0 Å². The van der Waals surface area contributed by atoms with Crippen molar-refractivity contribution in [3.8, 4) is 0 Å². The normalized spacial score (nSPS) is 22.4. The third-order valence-corrected chi connectivity index (χ3v) is 10.4. The number of ether oxygens (including phenoxy) is 1. The standard InChI is InChI=1S/C30H46NO7P/c1-4-28(33)37-30(22(2)3)38-39(36,18-12-11-15-23-13-7-5-8-14-23)21-27(32)31-20-25(19-26(31)29(34)35)24-16-9-6-10-17-24/h5,7-8,13-14,22,24-26,30H,4,6,9-12,15-21H2,1-3H3,(H,34,35)/t25-,26-,30?,39?/m1/s1. The smallest absolute Gasteiger partial charge is 0.326 e. The fraction of sp³-hybridized carbons (Fsp3) is 0.700. The van der Waals surface area contributed by atoms with Crippen LogP contribution in [0.1, 0.15) is 84.1 Å². The third-order valence-electron chi connectivity index (χ3n) is 8.07. The number of aliphatic carboxylic acids is 1. The molecule has 1 aromatic carbocycles. The minimum absolute atomic E-state index is 0.149. The zero-order valence-corrected chi connectivity index (χ0v) is 24.7. The number of carbonyl (C=O) groups excluding carboxylic acids is 2. The molecule has 0 radical (unpaired) electrons. The lowest BCUT2D eigenvalue weighted by atomic mass is 9.79. The van der Waals surface area contributed by atoms with E-state index in [1.165, 1.54) is 16.9 Å². The first kappa shape index (κ1) is 31.3. The predicted octanol–water partition coefficient (Wildman–Crippen LogP) is 6.12. The highest BCUT2D eigenvalue weighted by Gasteiger charge is 2.44. The van der Waals surface area contributed by atoms with E-state index in [1.54, 1.807) is 6.92 Å². The molecule has 2 fully saturated rings.